The molecule has 0 aliphatic carbocycles. The van der Waals surface area contributed by atoms with Crippen LogP contribution in [0.25, 0.3) is 0 Å². The zero-order valence-corrected chi connectivity index (χ0v) is 13.6. The summed E-state index contributed by atoms with van der Waals surface area (Å²) in [6.07, 6.45) is 1.59. The van der Waals surface area contributed by atoms with E-state index in [1.54, 1.807) is 14.0 Å². The molecule has 0 saturated carbocycles. The van der Waals surface area contributed by atoms with Crippen LogP contribution in [0.15, 0.2) is 15.3 Å². The van der Waals surface area contributed by atoms with Crippen LogP contribution in [0.5, 0.6) is 0 Å². The van der Waals surface area contributed by atoms with E-state index in [2.05, 4.69) is 25.1 Å². The van der Waals surface area contributed by atoms with Gasteiger partial charge in [-0.3, -0.25) is 9.69 Å². The molecular formula is C15H21N5O3. The molecule has 2 aromatic heterocycles. The fourth-order valence-electron chi connectivity index (χ4n) is 2.92. The van der Waals surface area contributed by atoms with Crippen molar-refractivity contribution in [1.29, 1.82) is 0 Å². The zero-order chi connectivity index (χ0) is 16.4. The van der Waals surface area contributed by atoms with Crippen molar-refractivity contribution < 1.29 is 9.15 Å². The Bertz CT molecular complexity index is 726. The van der Waals surface area contributed by atoms with Gasteiger partial charge in [0.2, 0.25) is 11.8 Å². The fourth-order valence-corrected chi connectivity index (χ4v) is 2.92. The van der Waals surface area contributed by atoms with E-state index in [1.165, 1.54) is 6.07 Å². The SMILES string of the molecule is CCc1cc(=O)[nH]c(CN2C[C@H](OC)C[C@@H]2c2nnc(C)o2)n1. The average molecular weight is 319 g/mol. The average Bonchev–Trinajstić information content (AvgIpc) is 3.12. The molecule has 8 nitrogen and oxygen atoms in total. The van der Waals surface area contributed by atoms with Crippen molar-refractivity contribution in [3.8, 4) is 0 Å². The minimum absolute atomic E-state index is 0.0308. The van der Waals surface area contributed by atoms with Crippen molar-refractivity contribution in [2.45, 2.75) is 45.4 Å². The summed E-state index contributed by atoms with van der Waals surface area (Å²) >= 11 is 0. The van der Waals surface area contributed by atoms with Crippen LogP contribution in [-0.4, -0.2) is 44.8 Å². The van der Waals surface area contributed by atoms with E-state index in [0.29, 0.717) is 24.2 Å². The first-order chi connectivity index (χ1) is 11.1. The summed E-state index contributed by atoms with van der Waals surface area (Å²) in [5.74, 6) is 1.77. The van der Waals surface area contributed by atoms with Crippen LogP contribution < -0.4 is 5.56 Å². The van der Waals surface area contributed by atoms with E-state index in [0.717, 1.165) is 25.1 Å². The number of aromatic amines is 1. The summed E-state index contributed by atoms with van der Waals surface area (Å²) in [6, 6.07) is 1.50. The number of likely N-dealkylation sites (tertiary alicyclic amines) is 1. The van der Waals surface area contributed by atoms with Crippen LogP contribution in [0.2, 0.25) is 0 Å². The minimum atomic E-state index is -0.125. The number of hydrogen-bond donors (Lipinski definition) is 1. The van der Waals surface area contributed by atoms with E-state index in [4.69, 9.17) is 9.15 Å². The third kappa shape index (κ3) is 3.48. The molecule has 23 heavy (non-hydrogen) atoms. The second-order valence-corrected chi connectivity index (χ2v) is 5.73. The highest BCUT2D eigenvalue weighted by atomic mass is 16.5. The standard InChI is InChI=1S/C15H21N5O3/c1-4-10-5-14(21)17-13(16-10)8-20-7-11(22-3)6-12(20)15-19-18-9(2)23-15/h5,11-12H,4,6-8H2,1-3H3,(H,16,17,21)/t11-,12-/m1/s1. The molecule has 0 amide bonds. The number of aromatic nitrogens is 4. The molecule has 3 rings (SSSR count). The Kier molecular flexibility index (Phi) is 4.53. The van der Waals surface area contributed by atoms with Gasteiger partial charge >= 0.3 is 0 Å². The van der Waals surface area contributed by atoms with E-state index < -0.39 is 0 Å². The van der Waals surface area contributed by atoms with Gasteiger partial charge in [0.05, 0.1) is 18.7 Å². The van der Waals surface area contributed by atoms with Gasteiger partial charge in [0.1, 0.15) is 5.82 Å². The van der Waals surface area contributed by atoms with Crippen LogP contribution in [0.4, 0.5) is 0 Å². The smallest absolute Gasteiger partial charge is 0.251 e. The van der Waals surface area contributed by atoms with E-state index >= 15 is 0 Å². The van der Waals surface area contributed by atoms with Crippen molar-refractivity contribution in [2.24, 2.45) is 0 Å². The first-order valence-electron chi connectivity index (χ1n) is 7.75. The Hall–Kier alpha value is -2.06. The highest BCUT2D eigenvalue weighted by molar-refractivity contribution is 5.04. The molecule has 1 aliphatic heterocycles. The molecule has 0 radical (unpaired) electrons. The molecule has 0 unspecified atom stereocenters. The second kappa shape index (κ2) is 6.59. The summed E-state index contributed by atoms with van der Waals surface area (Å²) < 4.78 is 11.1. The Labute approximate surface area is 133 Å². The number of rotatable bonds is 5. The molecule has 1 saturated heterocycles. The number of nitrogens with zero attached hydrogens (tertiary/aromatic N) is 4. The molecule has 2 aromatic rings. The predicted octanol–water partition coefficient (Wildman–Crippen LogP) is 0.986. The van der Waals surface area contributed by atoms with Crippen LogP contribution >= 0.6 is 0 Å². The second-order valence-electron chi connectivity index (χ2n) is 5.73. The molecule has 2 atom stereocenters. The maximum Gasteiger partial charge on any atom is 0.251 e. The van der Waals surface area contributed by atoms with E-state index in [9.17, 15) is 4.79 Å². The first kappa shape index (κ1) is 15.8. The third-order valence-electron chi connectivity index (χ3n) is 4.08. The molecule has 3 heterocycles. The van der Waals surface area contributed by atoms with Crippen LogP contribution in [0.1, 0.15) is 42.7 Å². The van der Waals surface area contributed by atoms with Crippen molar-refractivity contribution in [3.05, 3.63) is 39.7 Å². The number of H-pyrrole nitrogens is 1. The lowest BCUT2D eigenvalue weighted by atomic mass is 10.2. The highest BCUT2D eigenvalue weighted by Gasteiger charge is 2.36. The minimum Gasteiger partial charge on any atom is -0.424 e. The van der Waals surface area contributed by atoms with Crippen LogP contribution in [0, 0.1) is 6.92 Å². The van der Waals surface area contributed by atoms with Gasteiger partial charge in [-0.15, -0.1) is 10.2 Å². The lowest BCUT2D eigenvalue weighted by Gasteiger charge is -2.20. The largest absolute Gasteiger partial charge is 0.424 e. The summed E-state index contributed by atoms with van der Waals surface area (Å²) in [5.41, 5.74) is 0.663. The summed E-state index contributed by atoms with van der Waals surface area (Å²) in [4.78, 5) is 21.2. The van der Waals surface area contributed by atoms with Gasteiger partial charge < -0.3 is 14.1 Å². The number of aryl methyl sites for hydroxylation is 2. The Morgan fingerprint density at radius 3 is 2.96 bits per heavy atom. The first-order valence-corrected chi connectivity index (χ1v) is 7.75. The Morgan fingerprint density at radius 2 is 2.30 bits per heavy atom. The van der Waals surface area contributed by atoms with Crippen molar-refractivity contribution in [2.75, 3.05) is 13.7 Å². The fraction of sp³-hybridized carbons (Fsp3) is 0.600. The molecule has 8 heteroatoms. The molecule has 1 aliphatic rings. The van der Waals surface area contributed by atoms with Gasteiger partial charge in [-0.1, -0.05) is 6.92 Å². The normalized spacial score (nSPS) is 21.9. The van der Waals surface area contributed by atoms with Crippen molar-refractivity contribution in [3.63, 3.8) is 0 Å². The summed E-state index contributed by atoms with van der Waals surface area (Å²) in [5, 5.41) is 8.04. The van der Waals surface area contributed by atoms with Crippen LogP contribution in [0.3, 0.4) is 0 Å². The Balaban J connectivity index is 1.84. The summed E-state index contributed by atoms with van der Waals surface area (Å²) in [7, 11) is 1.70. The maximum absolute atomic E-state index is 11.7. The van der Waals surface area contributed by atoms with Gasteiger partial charge in [0.15, 0.2) is 0 Å². The number of hydrogen-bond acceptors (Lipinski definition) is 7. The molecule has 0 spiro atoms. The van der Waals surface area contributed by atoms with E-state index in [-0.39, 0.29) is 17.7 Å². The molecule has 124 valence electrons. The lowest BCUT2D eigenvalue weighted by Crippen LogP contribution is -2.27. The molecule has 0 aromatic carbocycles. The zero-order valence-electron chi connectivity index (χ0n) is 13.6. The third-order valence-corrected chi connectivity index (χ3v) is 4.08. The highest BCUT2D eigenvalue weighted by Crippen LogP contribution is 2.33. The van der Waals surface area contributed by atoms with E-state index in [1.807, 2.05) is 6.92 Å². The van der Waals surface area contributed by atoms with Crippen molar-refractivity contribution in [1.82, 2.24) is 25.1 Å². The Morgan fingerprint density at radius 1 is 1.48 bits per heavy atom. The molecular weight excluding hydrogens is 298 g/mol. The molecule has 1 N–H and O–H groups in total. The van der Waals surface area contributed by atoms with Gasteiger partial charge in [-0.25, -0.2) is 4.98 Å². The number of methoxy groups -OCH3 is 1. The molecule has 0 bridgehead atoms. The predicted molar refractivity (Wildman–Crippen MR) is 81.8 cm³/mol. The van der Waals surface area contributed by atoms with Gasteiger partial charge in [0, 0.05) is 32.3 Å². The van der Waals surface area contributed by atoms with Crippen LogP contribution in [-0.2, 0) is 17.7 Å². The quantitative estimate of drug-likeness (QED) is 0.877. The number of nitrogens with one attached hydrogen (secondary N) is 1. The van der Waals surface area contributed by atoms with Gasteiger partial charge in [-0.05, 0) is 12.8 Å². The molecule has 1 fully saturated rings. The monoisotopic (exact) mass is 319 g/mol. The summed E-state index contributed by atoms with van der Waals surface area (Å²) in [6.45, 7) is 4.98. The van der Waals surface area contributed by atoms with Crippen molar-refractivity contribution >= 4 is 0 Å². The maximum atomic E-state index is 11.7. The number of ether oxygens (including phenoxy) is 1. The topological polar surface area (TPSA) is 97.1 Å². The van der Waals surface area contributed by atoms with Gasteiger partial charge in [0.25, 0.3) is 5.56 Å². The lowest BCUT2D eigenvalue weighted by molar-refractivity contribution is 0.107. The van der Waals surface area contributed by atoms with Gasteiger partial charge in [-0.2, -0.15) is 0 Å².